The highest BCUT2D eigenvalue weighted by Gasteiger charge is 2.22. The van der Waals surface area contributed by atoms with E-state index in [9.17, 15) is 0 Å². The van der Waals surface area contributed by atoms with Gasteiger partial charge in [0.2, 0.25) is 0 Å². The van der Waals surface area contributed by atoms with Crippen molar-refractivity contribution in [3.63, 3.8) is 0 Å². The number of aliphatic imine (C=N–C) groups is 1. The maximum Gasteiger partial charge on any atom is 0.169 e. The van der Waals surface area contributed by atoms with Crippen molar-refractivity contribution >= 4 is 45.6 Å². The SMILES string of the molecule is N=CC(C=NCCO)c1ccc2c(n1)N(Cc1ccc3ncsc3n1)NN2. The molecular formula is C17H18N8OS. The standard InChI is InChI=1S/C17H18N8OS/c18-7-11(8-19-5-6-26)13-3-4-14-16(22-13)25(24-23-14)9-12-1-2-15-17(21-12)27-10-20-15/h1-4,7-8,10-11,18,23-24,26H,5-6,9H2. The molecule has 0 spiro atoms. The molecule has 3 aromatic rings. The zero-order valence-corrected chi connectivity index (χ0v) is 15.1. The molecule has 0 saturated heterocycles. The van der Waals surface area contributed by atoms with Gasteiger partial charge in [-0.25, -0.2) is 15.0 Å². The van der Waals surface area contributed by atoms with Crippen LogP contribution in [0.15, 0.2) is 34.8 Å². The Labute approximate surface area is 159 Å². The third-order valence-electron chi connectivity index (χ3n) is 4.07. The van der Waals surface area contributed by atoms with Gasteiger partial charge < -0.3 is 15.9 Å². The number of aliphatic hydroxyl groups is 1. The molecule has 138 valence electrons. The smallest absolute Gasteiger partial charge is 0.169 e. The van der Waals surface area contributed by atoms with Crippen LogP contribution in [-0.2, 0) is 6.54 Å². The molecule has 27 heavy (non-hydrogen) atoms. The van der Waals surface area contributed by atoms with Crippen LogP contribution in [0.5, 0.6) is 0 Å². The van der Waals surface area contributed by atoms with E-state index in [1.54, 1.807) is 11.7 Å². The van der Waals surface area contributed by atoms with Crippen LogP contribution >= 0.6 is 11.3 Å². The Morgan fingerprint density at radius 2 is 2.22 bits per heavy atom. The second-order valence-electron chi connectivity index (χ2n) is 5.88. The molecule has 0 fully saturated rings. The number of fused-ring (bicyclic) bond motifs is 2. The number of hydrogen-bond acceptors (Lipinski definition) is 10. The lowest BCUT2D eigenvalue weighted by Gasteiger charge is -2.17. The lowest BCUT2D eigenvalue weighted by Crippen LogP contribution is -2.36. The summed E-state index contributed by atoms with van der Waals surface area (Å²) in [6.07, 6.45) is 2.92. The normalized spacial score (nSPS) is 14.5. The minimum atomic E-state index is -0.337. The molecule has 0 aliphatic carbocycles. The van der Waals surface area contributed by atoms with Gasteiger partial charge in [0, 0.05) is 12.4 Å². The molecule has 4 N–H and O–H groups in total. The lowest BCUT2D eigenvalue weighted by molar-refractivity contribution is 0.307. The molecule has 4 rings (SSSR count). The molecule has 0 aromatic carbocycles. The molecule has 0 bridgehead atoms. The van der Waals surface area contributed by atoms with E-state index >= 15 is 0 Å². The maximum absolute atomic E-state index is 8.86. The molecule has 9 nitrogen and oxygen atoms in total. The van der Waals surface area contributed by atoms with Gasteiger partial charge in [0.1, 0.15) is 4.83 Å². The third-order valence-corrected chi connectivity index (χ3v) is 4.80. The quantitative estimate of drug-likeness (QED) is 0.459. The van der Waals surface area contributed by atoms with E-state index in [1.807, 2.05) is 29.3 Å². The summed E-state index contributed by atoms with van der Waals surface area (Å²) >= 11 is 1.51. The molecule has 3 aromatic heterocycles. The molecule has 1 aliphatic rings. The average molecular weight is 382 g/mol. The highest BCUT2D eigenvalue weighted by atomic mass is 32.1. The summed E-state index contributed by atoms with van der Waals surface area (Å²) in [5.41, 5.74) is 11.3. The number of pyridine rings is 2. The molecule has 1 unspecified atom stereocenters. The topological polar surface area (TPSA) is 122 Å². The number of hydrazine groups is 2. The van der Waals surface area contributed by atoms with Crippen molar-refractivity contribution in [1.29, 1.82) is 5.41 Å². The van der Waals surface area contributed by atoms with Crippen molar-refractivity contribution in [2.45, 2.75) is 12.5 Å². The summed E-state index contributed by atoms with van der Waals surface area (Å²) in [7, 11) is 0. The van der Waals surface area contributed by atoms with Crippen molar-refractivity contribution in [2.24, 2.45) is 4.99 Å². The van der Waals surface area contributed by atoms with E-state index in [1.165, 1.54) is 17.6 Å². The molecule has 0 saturated carbocycles. The van der Waals surface area contributed by atoms with Gasteiger partial charge in [-0.1, -0.05) is 0 Å². The van der Waals surface area contributed by atoms with Crippen LogP contribution in [0, 0.1) is 5.41 Å². The molecular weight excluding hydrogens is 364 g/mol. The first-order chi connectivity index (χ1) is 13.3. The van der Waals surface area contributed by atoms with Crippen molar-refractivity contribution in [3.8, 4) is 0 Å². The van der Waals surface area contributed by atoms with Gasteiger partial charge in [0.15, 0.2) is 5.82 Å². The fourth-order valence-corrected chi connectivity index (χ4v) is 3.41. The Balaban J connectivity index is 1.57. The monoisotopic (exact) mass is 382 g/mol. The Bertz CT molecular complexity index is 988. The summed E-state index contributed by atoms with van der Waals surface area (Å²) in [4.78, 5) is 18.6. The number of rotatable bonds is 7. The van der Waals surface area contributed by atoms with Crippen LogP contribution < -0.4 is 16.0 Å². The molecule has 0 radical (unpaired) electrons. The summed E-state index contributed by atoms with van der Waals surface area (Å²) in [5.74, 6) is 0.400. The number of aliphatic hydroxyl groups excluding tert-OH is 1. The number of anilines is 2. The zero-order valence-electron chi connectivity index (χ0n) is 14.3. The van der Waals surface area contributed by atoms with Gasteiger partial charge in [-0.2, -0.15) is 0 Å². The first-order valence-corrected chi connectivity index (χ1v) is 9.27. The van der Waals surface area contributed by atoms with E-state index in [0.717, 1.165) is 27.5 Å². The second-order valence-corrected chi connectivity index (χ2v) is 6.71. The van der Waals surface area contributed by atoms with Gasteiger partial charge in [0.25, 0.3) is 0 Å². The number of nitrogens with zero attached hydrogens (tertiary/aromatic N) is 5. The molecule has 4 heterocycles. The van der Waals surface area contributed by atoms with Crippen LogP contribution in [0.2, 0.25) is 0 Å². The van der Waals surface area contributed by atoms with Crippen LogP contribution in [-0.4, -0.2) is 45.6 Å². The summed E-state index contributed by atoms with van der Waals surface area (Å²) in [5, 5.41) is 18.4. The molecule has 0 amide bonds. The minimum Gasteiger partial charge on any atom is -0.394 e. The summed E-state index contributed by atoms with van der Waals surface area (Å²) in [6.45, 7) is 0.825. The van der Waals surface area contributed by atoms with Crippen LogP contribution in [0.25, 0.3) is 10.3 Å². The highest BCUT2D eigenvalue weighted by molar-refractivity contribution is 7.16. The van der Waals surface area contributed by atoms with Crippen LogP contribution in [0.1, 0.15) is 17.3 Å². The second kappa shape index (κ2) is 7.74. The Morgan fingerprint density at radius 3 is 3.07 bits per heavy atom. The largest absolute Gasteiger partial charge is 0.394 e. The van der Waals surface area contributed by atoms with Crippen molar-refractivity contribution in [1.82, 2.24) is 20.5 Å². The van der Waals surface area contributed by atoms with Gasteiger partial charge in [-0.15, -0.1) is 16.9 Å². The summed E-state index contributed by atoms with van der Waals surface area (Å²) < 4.78 is 0. The Kier molecular flexibility index (Phi) is 5.01. The number of thiazole rings is 1. The van der Waals surface area contributed by atoms with E-state index < -0.39 is 0 Å². The van der Waals surface area contributed by atoms with Crippen LogP contribution in [0.4, 0.5) is 11.5 Å². The first kappa shape index (κ1) is 17.5. The number of nitrogens with one attached hydrogen (secondary N) is 3. The lowest BCUT2D eigenvalue weighted by atomic mass is 10.1. The van der Waals surface area contributed by atoms with E-state index in [-0.39, 0.29) is 12.5 Å². The highest BCUT2D eigenvalue weighted by Crippen LogP contribution is 2.29. The molecule has 1 aliphatic heterocycles. The van der Waals surface area contributed by atoms with Crippen LogP contribution in [0.3, 0.4) is 0 Å². The molecule has 1 atom stereocenters. The van der Waals surface area contributed by atoms with Gasteiger partial charge in [-0.3, -0.25) is 10.0 Å². The average Bonchev–Trinajstić information content (AvgIpc) is 3.32. The first-order valence-electron chi connectivity index (χ1n) is 8.39. The predicted octanol–water partition coefficient (Wildman–Crippen LogP) is 1.73. The van der Waals surface area contributed by atoms with Crippen molar-refractivity contribution in [2.75, 3.05) is 23.6 Å². The van der Waals surface area contributed by atoms with Gasteiger partial charge in [-0.05, 0) is 24.3 Å². The van der Waals surface area contributed by atoms with Gasteiger partial charge >= 0.3 is 0 Å². The third kappa shape index (κ3) is 3.63. The Morgan fingerprint density at radius 1 is 1.30 bits per heavy atom. The molecule has 10 heteroatoms. The number of hydrogen-bond donors (Lipinski definition) is 4. The summed E-state index contributed by atoms with van der Waals surface area (Å²) in [6, 6.07) is 7.69. The van der Waals surface area contributed by atoms with E-state index in [4.69, 9.17) is 15.5 Å². The van der Waals surface area contributed by atoms with E-state index in [0.29, 0.717) is 18.8 Å². The van der Waals surface area contributed by atoms with Crippen molar-refractivity contribution in [3.05, 3.63) is 41.2 Å². The zero-order chi connectivity index (χ0) is 18.6. The fourth-order valence-electron chi connectivity index (χ4n) is 2.74. The van der Waals surface area contributed by atoms with E-state index in [2.05, 4.69) is 25.9 Å². The van der Waals surface area contributed by atoms with Crippen molar-refractivity contribution < 1.29 is 5.11 Å². The minimum absolute atomic E-state index is 0.0163. The maximum atomic E-state index is 8.86. The predicted molar refractivity (Wildman–Crippen MR) is 107 cm³/mol. The number of aromatic nitrogens is 3. The van der Waals surface area contributed by atoms with Gasteiger partial charge in [0.05, 0.1) is 53.7 Å². The fraction of sp³-hybridized carbons (Fsp3) is 0.235. The Hall–Kier alpha value is -2.95.